The highest BCUT2D eigenvalue weighted by molar-refractivity contribution is 7.80. The molecule has 0 atom stereocenters. The first-order valence-corrected chi connectivity index (χ1v) is 9.42. The second-order valence-electron chi connectivity index (χ2n) is 7.04. The van der Waals surface area contributed by atoms with E-state index in [-0.39, 0.29) is 16.8 Å². The van der Waals surface area contributed by atoms with E-state index >= 15 is 0 Å². The highest BCUT2D eigenvalue weighted by atomic mass is 32.1. The smallest absolute Gasteiger partial charge is 0.270 e. The van der Waals surface area contributed by atoms with Gasteiger partial charge in [-0.3, -0.25) is 19.8 Å². The van der Waals surface area contributed by atoms with Crippen LogP contribution in [0, 0.1) is 13.8 Å². The van der Waals surface area contributed by atoms with Crippen LogP contribution >= 0.6 is 12.2 Å². The Morgan fingerprint density at radius 3 is 2.21 bits per heavy atom. The van der Waals surface area contributed by atoms with E-state index in [0.717, 1.165) is 22.4 Å². The fourth-order valence-corrected chi connectivity index (χ4v) is 3.33. The molecule has 2 aromatic rings. The molecule has 2 aromatic carbocycles. The average molecular weight is 394 g/mol. The number of benzene rings is 2. The fraction of sp³-hybridized carbons (Fsp3) is 0.227. The number of nitrogens with one attached hydrogen (secondary N) is 1. The van der Waals surface area contributed by atoms with Gasteiger partial charge in [-0.2, -0.15) is 0 Å². The number of aryl methyl sites for hydroxylation is 2. The van der Waals surface area contributed by atoms with Crippen molar-refractivity contribution in [2.75, 3.05) is 4.90 Å². The van der Waals surface area contributed by atoms with E-state index < -0.39 is 11.8 Å². The highest BCUT2D eigenvalue weighted by Crippen LogP contribution is 2.25. The maximum Gasteiger partial charge on any atom is 0.270 e. The molecule has 0 spiro atoms. The van der Waals surface area contributed by atoms with Crippen molar-refractivity contribution in [2.24, 2.45) is 0 Å². The summed E-state index contributed by atoms with van der Waals surface area (Å²) in [6.45, 7) is 7.80. The summed E-state index contributed by atoms with van der Waals surface area (Å²) in [4.78, 5) is 26.8. The van der Waals surface area contributed by atoms with Gasteiger partial charge in [0.2, 0.25) is 0 Å². The van der Waals surface area contributed by atoms with Gasteiger partial charge in [-0.25, -0.2) is 0 Å². The second kappa shape index (κ2) is 7.94. The first-order chi connectivity index (χ1) is 13.2. The van der Waals surface area contributed by atoms with Gasteiger partial charge in [0.05, 0.1) is 11.8 Å². The van der Waals surface area contributed by atoms with Crippen molar-refractivity contribution in [1.82, 2.24) is 5.32 Å². The molecule has 1 aliphatic heterocycles. The van der Waals surface area contributed by atoms with Crippen LogP contribution in [0.25, 0.3) is 6.08 Å². The molecule has 144 valence electrons. The molecule has 1 heterocycles. The minimum atomic E-state index is -0.502. The number of anilines is 1. The number of thiocarbonyl (C=S) groups is 1. The van der Waals surface area contributed by atoms with E-state index in [1.807, 2.05) is 58.0 Å². The Hall–Kier alpha value is -2.99. The summed E-state index contributed by atoms with van der Waals surface area (Å²) in [5.74, 6) is -0.214. The second-order valence-corrected chi connectivity index (χ2v) is 7.43. The Kier molecular flexibility index (Phi) is 5.61. The Labute approximate surface area is 170 Å². The van der Waals surface area contributed by atoms with Crippen LogP contribution in [0.4, 0.5) is 5.69 Å². The zero-order chi connectivity index (χ0) is 20.4. The van der Waals surface area contributed by atoms with Crippen molar-refractivity contribution in [3.63, 3.8) is 0 Å². The molecule has 0 bridgehead atoms. The Morgan fingerprint density at radius 2 is 1.64 bits per heavy atom. The van der Waals surface area contributed by atoms with Crippen molar-refractivity contribution in [3.05, 3.63) is 64.7 Å². The summed E-state index contributed by atoms with van der Waals surface area (Å²) in [5.41, 5.74) is 3.41. The van der Waals surface area contributed by atoms with Crippen molar-refractivity contribution in [1.29, 1.82) is 0 Å². The zero-order valence-electron chi connectivity index (χ0n) is 16.3. The molecular weight excluding hydrogens is 372 g/mol. The molecule has 1 N–H and O–H groups in total. The average Bonchev–Trinajstić information content (AvgIpc) is 2.58. The Balaban J connectivity index is 1.94. The molecule has 0 saturated carbocycles. The minimum Gasteiger partial charge on any atom is -0.491 e. The lowest BCUT2D eigenvalue weighted by molar-refractivity contribution is -0.122. The monoisotopic (exact) mass is 394 g/mol. The predicted octanol–water partition coefficient (Wildman–Crippen LogP) is 3.92. The van der Waals surface area contributed by atoms with Gasteiger partial charge in [0, 0.05) is 0 Å². The van der Waals surface area contributed by atoms with Crippen LogP contribution in [0.5, 0.6) is 5.75 Å². The molecule has 0 radical (unpaired) electrons. The van der Waals surface area contributed by atoms with Crippen LogP contribution in [0.3, 0.4) is 0 Å². The number of ether oxygens (including phenoxy) is 1. The lowest BCUT2D eigenvalue weighted by Crippen LogP contribution is -2.54. The van der Waals surface area contributed by atoms with Gasteiger partial charge < -0.3 is 4.74 Å². The Morgan fingerprint density at radius 1 is 1.04 bits per heavy atom. The summed E-state index contributed by atoms with van der Waals surface area (Å²) >= 11 is 5.25. The SMILES string of the molecule is Cc1cc(C)cc(N2C(=O)/C(=C/c3ccc(OC(C)C)cc3)C(=O)NC2=S)c1. The minimum absolute atomic E-state index is 0.0327. The highest BCUT2D eigenvalue weighted by Gasteiger charge is 2.34. The summed E-state index contributed by atoms with van der Waals surface area (Å²) < 4.78 is 5.62. The third-order valence-corrected chi connectivity index (χ3v) is 4.41. The number of nitrogens with zero attached hydrogens (tertiary/aromatic N) is 1. The maximum atomic E-state index is 13.1. The van der Waals surface area contributed by atoms with Crippen LogP contribution in [0.15, 0.2) is 48.0 Å². The van der Waals surface area contributed by atoms with Crippen LogP contribution in [0.2, 0.25) is 0 Å². The maximum absolute atomic E-state index is 13.1. The van der Waals surface area contributed by atoms with Gasteiger partial charge >= 0.3 is 0 Å². The molecule has 0 aromatic heterocycles. The largest absolute Gasteiger partial charge is 0.491 e. The zero-order valence-corrected chi connectivity index (χ0v) is 17.1. The van der Waals surface area contributed by atoms with Crippen LogP contribution in [-0.2, 0) is 9.59 Å². The van der Waals surface area contributed by atoms with Crippen LogP contribution in [0.1, 0.15) is 30.5 Å². The number of rotatable bonds is 4. The van der Waals surface area contributed by atoms with E-state index in [9.17, 15) is 9.59 Å². The van der Waals surface area contributed by atoms with Gasteiger partial charge in [0.25, 0.3) is 11.8 Å². The summed E-state index contributed by atoms with van der Waals surface area (Å²) in [5, 5.41) is 2.69. The number of carbonyl (C=O) groups is 2. The normalized spacial score (nSPS) is 16.0. The lowest BCUT2D eigenvalue weighted by atomic mass is 10.1. The van der Waals surface area contributed by atoms with Crippen LogP contribution < -0.4 is 15.0 Å². The van der Waals surface area contributed by atoms with Gasteiger partial charge in [-0.15, -0.1) is 0 Å². The summed E-state index contributed by atoms with van der Waals surface area (Å²) in [6.07, 6.45) is 1.64. The van der Waals surface area contributed by atoms with Crippen molar-refractivity contribution >= 4 is 40.9 Å². The molecule has 6 heteroatoms. The molecule has 3 rings (SSSR count). The summed E-state index contributed by atoms with van der Waals surface area (Å²) in [7, 11) is 0. The van der Waals surface area contributed by atoms with Crippen molar-refractivity contribution in [3.8, 4) is 5.75 Å². The Bertz CT molecular complexity index is 958. The first-order valence-electron chi connectivity index (χ1n) is 9.01. The number of amides is 2. The fourth-order valence-electron chi connectivity index (χ4n) is 3.05. The number of carbonyl (C=O) groups excluding carboxylic acids is 2. The third kappa shape index (κ3) is 4.28. The van der Waals surface area contributed by atoms with E-state index in [1.54, 1.807) is 18.2 Å². The molecule has 1 aliphatic rings. The number of hydrogen-bond acceptors (Lipinski definition) is 4. The number of hydrogen-bond donors (Lipinski definition) is 1. The van der Waals surface area contributed by atoms with Crippen molar-refractivity contribution in [2.45, 2.75) is 33.8 Å². The molecule has 1 fully saturated rings. The van der Waals surface area contributed by atoms with Crippen molar-refractivity contribution < 1.29 is 14.3 Å². The van der Waals surface area contributed by atoms with E-state index in [4.69, 9.17) is 17.0 Å². The molecule has 1 saturated heterocycles. The van der Waals surface area contributed by atoms with Gasteiger partial charge in [0.15, 0.2) is 5.11 Å². The van der Waals surface area contributed by atoms with E-state index in [2.05, 4.69) is 5.32 Å². The van der Waals surface area contributed by atoms with Gasteiger partial charge in [-0.1, -0.05) is 18.2 Å². The lowest BCUT2D eigenvalue weighted by Gasteiger charge is -2.29. The van der Waals surface area contributed by atoms with Crippen LogP contribution in [-0.4, -0.2) is 23.0 Å². The van der Waals surface area contributed by atoms with E-state index in [1.165, 1.54) is 4.90 Å². The molecular formula is C22H22N2O3S. The third-order valence-electron chi connectivity index (χ3n) is 4.13. The molecule has 2 amide bonds. The molecule has 0 aliphatic carbocycles. The predicted molar refractivity (Wildman–Crippen MR) is 114 cm³/mol. The molecule has 5 nitrogen and oxygen atoms in total. The quantitative estimate of drug-likeness (QED) is 0.485. The standard InChI is InChI=1S/C22H22N2O3S/c1-13(2)27-18-7-5-16(6-8-18)12-19-20(25)23-22(28)24(21(19)26)17-10-14(3)9-15(4)11-17/h5-13H,1-4H3,(H,23,25,28)/b19-12+. The topological polar surface area (TPSA) is 58.6 Å². The van der Waals surface area contributed by atoms with Gasteiger partial charge in [-0.05, 0) is 86.9 Å². The molecule has 0 unspecified atom stereocenters. The summed E-state index contributed by atoms with van der Waals surface area (Å²) in [6, 6.07) is 13.0. The molecule has 28 heavy (non-hydrogen) atoms. The van der Waals surface area contributed by atoms with Gasteiger partial charge in [0.1, 0.15) is 11.3 Å². The first kappa shape index (κ1) is 19.8. The van der Waals surface area contributed by atoms with E-state index in [0.29, 0.717) is 5.69 Å².